The summed E-state index contributed by atoms with van der Waals surface area (Å²) < 4.78 is 5.46. The van der Waals surface area contributed by atoms with E-state index in [0.717, 1.165) is 35.2 Å². The largest absolute Gasteiger partial charge is 0.497 e. The lowest BCUT2D eigenvalue weighted by molar-refractivity contribution is -0.121. The van der Waals surface area contributed by atoms with Gasteiger partial charge in [-0.1, -0.05) is 67.6 Å². The molecule has 4 aromatic rings. The monoisotopic (exact) mass is 426 g/mol. The summed E-state index contributed by atoms with van der Waals surface area (Å²) in [7, 11) is 1.67. The van der Waals surface area contributed by atoms with Crippen LogP contribution in [-0.4, -0.2) is 24.5 Å². The molecule has 0 aliphatic rings. The number of hydrogen-bond donors (Lipinski definition) is 2. The lowest BCUT2D eigenvalue weighted by Crippen LogP contribution is -2.27. The molecular formula is C28H30N2O2. The maximum absolute atomic E-state index is 13.0. The molecule has 0 bridgehead atoms. The molecule has 4 nitrogen and oxygen atoms in total. The average molecular weight is 427 g/mol. The van der Waals surface area contributed by atoms with E-state index >= 15 is 0 Å². The predicted molar refractivity (Wildman–Crippen MR) is 130 cm³/mol. The Bertz CT molecular complexity index is 1180. The number of fused-ring (bicyclic) bond motifs is 1. The van der Waals surface area contributed by atoms with Crippen LogP contribution in [0.3, 0.4) is 0 Å². The first-order chi connectivity index (χ1) is 15.7. The van der Waals surface area contributed by atoms with E-state index in [1.165, 1.54) is 16.5 Å². The Morgan fingerprint density at radius 2 is 1.84 bits per heavy atom. The van der Waals surface area contributed by atoms with Gasteiger partial charge in [0, 0.05) is 36.0 Å². The van der Waals surface area contributed by atoms with Crippen molar-refractivity contribution in [3.05, 3.63) is 101 Å². The van der Waals surface area contributed by atoms with Gasteiger partial charge in [-0.3, -0.25) is 4.79 Å². The third kappa shape index (κ3) is 4.86. The average Bonchev–Trinajstić information content (AvgIpc) is 3.27. The summed E-state index contributed by atoms with van der Waals surface area (Å²) in [6.07, 6.45) is 4.22. The molecule has 164 valence electrons. The fraction of sp³-hybridized carbons (Fsp3) is 0.250. The number of ether oxygens (including phenoxy) is 1. The van der Waals surface area contributed by atoms with Crippen molar-refractivity contribution in [2.24, 2.45) is 0 Å². The Morgan fingerprint density at radius 3 is 2.62 bits per heavy atom. The minimum absolute atomic E-state index is 0.0507. The number of aromatic nitrogens is 1. The van der Waals surface area contributed by atoms with Crippen LogP contribution in [0.5, 0.6) is 5.75 Å². The number of aromatic amines is 1. The van der Waals surface area contributed by atoms with Crippen molar-refractivity contribution >= 4 is 16.8 Å². The van der Waals surface area contributed by atoms with Crippen molar-refractivity contribution in [1.29, 1.82) is 0 Å². The first kappa shape index (κ1) is 21.7. The highest BCUT2D eigenvalue weighted by molar-refractivity contribution is 5.88. The Hall–Kier alpha value is -3.53. The van der Waals surface area contributed by atoms with Gasteiger partial charge >= 0.3 is 0 Å². The van der Waals surface area contributed by atoms with E-state index in [1.807, 2.05) is 36.4 Å². The molecule has 0 radical (unpaired) electrons. The summed E-state index contributed by atoms with van der Waals surface area (Å²) in [5.74, 6) is 0.781. The molecule has 0 unspecified atom stereocenters. The summed E-state index contributed by atoms with van der Waals surface area (Å²) in [6, 6.07) is 24.6. The Kier molecular flexibility index (Phi) is 6.90. The summed E-state index contributed by atoms with van der Waals surface area (Å²) in [5.41, 5.74) is 5.88. The van der Waals surface area contributed by atoms with Crippen LogP contribution in [-0.2, 0) is 17.6 Å². The quantitative estimate of drug-likeness (QED) is 0.365. The standard InChI is InChI=1S/C28H30N2O2/c1-3-21-11-8-14-24-26(19-30-28(21)24)25(22-12-7-13-23(17-22)32-2)18-27(31)29-16-15-20-9-5-4-6-10-20/h4-14,17,19,25,30H,3,15-16,18H2,1-2H3,(H,29,31)/t25-/m1/s1. The zero-order valence-electron chi connectivity index (χ0n) is 18.7. The number of carbonyl (C=O) groups excluding carboxylic acids is 1. The van der Waals surface area contributed by atoms with E-state index in [9.17, 15) is 4.79 Å². The Labute approximate surface area is 189 Å². The number of rotatable bonds is 9. The van der Waals surface area contributed by atoms with Gasteiger partial charge in [0.2, 0.25) is 5.91 Å². The molecule has 0 fully saturated rings. The third-order valence-corrected chi connectivity index (χ3v) is 6.05. The topological polar surface area (TPSA) is 54.1 Å². The molecule has 4 heteroatoms. The maximum Gasteiger partial charge on any atom is 0.220 e. The SMILES string of the molecule is CCc1cccc2c([C@H](CC(=O)NCCc3ccccc3)c3cccc(OC)c3)c[nH]c12. The zero-order chi connectivity index (χ0) is 22.3. The predicted octanol–water partition coefficient (Wildman–Crippen LogP) is 5.62. The number of aryl methyl sites for hydroxylation is 1. The summed E-state index contributed by atoms with van der Waals surface area (Å²) in [4.78, 5) is 16.4. The van der Waals surface area contributed by atoms with E-state index in [2.05, 4.69) is 59.8 Å². The number of hydrogen-bond acceptors (Lipinski definition) is 2. The molecule has 0 aliphatic heterocycles. The van der Waals surface area contributed by atoms with E-state index in [1.54, 1.807) is 7.11 Å². The molecule has 2 N–H and O–H groups in total. The second kappa shape index (κ2) is 10.2. The summed E-state index contributed by atoms with van der Waals surface area (Å²) >= 11 is 0. The maximum atomic E-state index is 13.0. The number of methoxy groups -OCH3 is 1. The Balaban J connectivity index is 1.59. The van der Waals surface area contributed by atoms with Crippen molar-refractivity contribution in [2.75, 3.05) is 13.7 Å². The number of para-hydroxylation sites is 1. The highest BCUT2D eigenvalue weighted by atomic mass is 16.5. The number of carbonyl (C=O) groups is 1. The lowest BCUT2D eigenvalue weighted by atomic mass is 9.87. The van der Waals surface area contributed by atoms with E-state index in [0.29, 0.717) is 13.0 Å². The van der Waals surface area contributed by atoms with Crippen molar-refractivity contribution in [3.63, 3.8) is 0 Å². The van der Waals surface area contributed by atoms with Crippen molar-refractivity contribution < 1.29 is 9.53 Å². The molecule has 32 heavy (non-hydrogen) atoms. The van der Waals surface area contributed by atoms with Crippen LogP contribution >= 0.6 is 0 Å². The van der Waals surface area contributed by atoms with Crippen LogP contribution in [0.25, 0.3) is 10.9 Å². The van der Waals surface area contributed by atoms with Crippen molar-refractivity contribution in [3.8, 4) is 5.75 Å². The second-order valence-electron chi connectivity index (χ2n) is 8.06. The van der Waals surface area contributed by atoms with Crippen LogP contribution < -0.4 is 10.1 Å². The van der Waals surface area contributed by atoms with Gasteiger partial charge in [-0.15, -0.1) is 0 Å². The molecule has 1 amide bonds. The number of H-pyrrole nitrogens is 1. The molecule has 4 rings (SSSR count). The normalized spacial score (nSPS) is 11.9. The van der Waals surface area contributed by atoms with Gasteiger partial charge in [-0.05, 0) is 47.2 Å². The molecule has 1 heterocycles. The van der Waals surface area contributed by atoms with Gasteiger partial charge in [-0.25, -0.2) is 0 Å². The van der Waals surface area contributed by atoms with Crippen LogP contribution in [0.15, 0.2) is 79.0 Å². The third-order valence-electron chi connectivity index (χ3n) is 6.05. The molecule has 0 saturated heterocycles. The van der Waals surface area contributed by atoms with Gasteiger partial charge < -0.3 is 15.0 Å². The summed E-state index contributed by atoms with van der Waals surface area (Å²) in [6.45, 7) is 2.79. The molecule has 0 saturated carbocycles. The van der Waals surface area contributed by atoms with E-state index in [4.69, 9.17) is 4.74 Å². The number of benzene rings is 3. The first-order valence-corrected chi connectivity index (χ1v) is 11.2. The smallest absolute Gasteiger partial charge is 0.220 e. The molecule has 1 aromatic heterocycles. The molecule has 3 aromatic carbocycles. The van der Waals surface area contributed by atoms with E-state index < -0.39 is 0 Å². The minimum Gasteiger partial charge on any atom is -0.497 e. The van der Waals surface area contributed by atoms with Crippen LogP contribution in [0.4, 0.5) is 0 Å². The van der Waals surface area contributed by atoms with Crippen LogP contribution in [0, 0.1) is 0 Å². The fourth-order valence-electron chi connectivity index (χ4n) is 4.34. The Morgan fingerprint density at radius 1 is 1.03 bits per heavy atom. The zero-order valence-corrected chi connectivity index (χ0v) is 18.7. The summed E-state index contributed by atoms with van der Waals surface area (Å²) in [5, 5.41) is 4.29. The highest BCUT2D eigenvalue weighted by Gasteiger charge is 2.22. The number of amides is 1. The van der Waals surface area contributed by atoms with Crippen LogP contribution in [0.1, 0.15) is 41.5 Å². The highest BCUT2D eigenvalue weighted by Crippen LogP contribution is 2.35. The fourth-order valence-corrected chi connectivity index (χ4v) is 4.34. The minimum atomic E-state index is -0.0670. The van der Waals surface area contributed by atoms with Gasteiger partial charge in [0.1, 0.15) is 5.75 Å². The molecule has 0 aliphatic carbocycles. The van der Waals surface area contributed by atoms with Gasteiger partial charge in [-0.2, -0.15) is 0 Å². The van der Waals surface area contributed by atoms with Gasteiger partial charge in [0.15, 0.2) is 0 Å². The molecule has 1 atom stereocenters. The first-order valence-electron chi connectivity index (χ1n) is 11.2. The van der Waals surface area contributed by atoms with Crippen LogP contribution in [0.2, 0.25) is 0 Å². The van der Waals surface area contributed by atoms with Crippen molar-refractivity contribution in [2.45, 2.75) is 32.1 Å². The van der Waals surface area contributed by atoms with E-state index in [-0.39, 0.29) is 11.8 Å². The van der Waals surface area contributed by atoms with Gasteiger partial charge in [0.25, 0.3) is 0 Å². The molecule has 0 spiro atoms. The number of nitrogens with one attached hydrogen (secondary N) is 2. The molecular weight excluding hydrogens is 396 g/mol. The van der Waals surface area contributed by atoms with Crippen molar-refractivity contribution in [1.82, 2.24) is 10.3 Å². The van der Waals surface area contributed by atoms with Gasteiger partial charge in [0.05, 0.1) is 7.11 Å². The second-order valence-corrected chi connectivity index (χ2v) is 8.06. The lowest BCUT2D eigenvalue weighted by Gasteiger charge is -2.18.